The van der Waals surface area contributed by atoms with Crippen molar-refractivity contribution in [2.24, 2.45) is 0 Å². The van der Waals surface area contributed by atoms with Crippen LogP contribution in [0.1, 0.15) is 22.3 Å². The first-order valence-electron chi connectivity index (χ1n) is 12.3. The molecule has 0 aliphatic carbocycles. The van der Waals surface area contributed by atoms with Crippen molar-refractivity contribution in [1.82, 2.24) is 0 Å². The van der Waals surface area contributed by atoms with E-state index < -0.39 is 47.0 Å². The molecule has 0 fully saturated rings. The van der Waals surface area contributed by atoms with E-state index in [1.54, 1.807) is 0 Å². The fourth-order valence-electron chi connectivity index (χ4n) is 4.95. The van der Waals surface area contributed by atoms with Crippen LogP contribution in [0, 0.1) is 0 Å². The summed E-state index contributed by atoms with van der Waals surface area (Å²) in [5, 5.41) is -0.507. The third kappa shape index (κ3) is 6.68. The summed E-state index contributed by atoms with van der Waals surface area (Å²) in [6, 6.07) is 9.71. The SMILES string of the molecule is FC(F)(F)c1cc2cc(Br)c(-c3cc(Br)c(-c4cc5cc(C(F)(F)F)c(C(F)(F)F)cc5cc4Br)cc3Br)cc2cc1C(F)(F)F. The number of fused-ring (bicyclic) bond motifs is 2. The van der Waals surface area contributed by atoms with Crippen molar-refractivity contribution in [3.63, 3.8) is 0 Å². The molecule has 0 saturated heterocycles. The van der Waals surface area contributed by atoms with Crippen molar-refractivity contribution in [2.45, 2.75) is 24.7 Å². The van der Waals surface area contributed by atoms with Gasteiger partial charge in [-0.2, -0.15) is 52.7 Å². The van der Waals surface area contributed by atoms with E-state index in [4.69, 9.17) is 0 Å². The van der Waals surface area contributed by atoms with E-state index in [1.165, 1.54) is 36.4 Å². The third-order valence-corrected chi connectivity index (χ3v) is 9.61. The van der Waals surface area contributed by atoms with E-state index in [2.05, 4.69) is 63.7 Å². The average Bonchev–Trinajstić information content (AvgIpc) is 2.90. The van der Waals surface area contributed by atoms with E-state index >= 15 is 0 Å². The molecule has 0 spiro atoms. The maximum absolute atomic E-state index is 13.6. The monoisotopic (exact) mass is 914 g/mol. The first kappa shape index (κ1) is 35.0. The van der Waals surface area contributed by atoms with E-state index in [9.17, 15) is 52.7 Å². The minimum atomic E-state index is -5.29. The van der Waals surface area contributed by atoms with Crippen molar-refractivity contribution < 1.29 is 52.7 Å². The van der Waals surface area contributed by atoms with Crippen molar-refractivity contribution in [3.8, 4) is 22.3 Å². The Morgan fingerprint density at radius 2 is 0.478 bits per heavy atom. The van der Waals surface area contributed by atoms with Gasteiger partial charge >= 0.3 is 24.7 Å². The van der Waals surface area contributed by atoms with Crippen LogP contribution in [0.3, 0.4) is 0 Å². The molecule has 0 aliphatic rings. The third-order valence-electron chi connectivity index (χ3n) is 6.98. The molecule has 0 atom stereocenters. The van der Waals surface area contributed by atoms with Crippen LogP contribution in [-0.4, -0.2) is 0 Å². The Morgan fingerprint density at radius 1 is 0.283 bits per heavy atom. The molecule has 0 radical (unpaired) electrons. The van der Waals surface area contributed by atoms with Gasteiger partial charge in [0.2, 0.25) is 0 Å². The highest BCUT2D eigenvalue weighted by Gasteiger charge is 2.44. The first-order chi connectivity index (χ1) is 21.0. The summed E-state index contributed by atoms with van der Waals surface area (Å²) in [6.45, 7) is 0. The van der Waals surface area contributed by atoms with Crippen LogP contribution in [0.15, 0.2) is 78.6 Å². The maximum Gasteiger partial charge on any atom is 0.417 e. The molecule has 0 amide bonds. The fraction of sp³-hybridized carbons (Fsp3) is 0.133. The Balaban J connectivity index is 1.67. The second-order valence-electron chi connectivity index (χ2n) is 9.96. The van der Waals surface area contributed by atoms with Gasteiger partial charge in [-0.1, -0.05) is 63.7 Å². The van der Waals surface area contributed by atoms with Gasteiger partial charge in [0.15, 0.2) is 0 Å². The molecule has 16 heteroatoms. The molecule has 0 bridgehead atoms. The molecule has 0 N–H and O–H groups in total. The molecular weight excluding hydrogens is 908 g/mol. The van der Waals surface area contributed by atoms with Crippen LogP contribution in [-0.2, 0) is 24.7 Å². The van der Waals surface area contributed by atoms with Crippen LogP contribution in [0.5, 0.6) is 0 Å². The second kappa shape index (κ2) is 11.7. The van der Waals surface area contributed by atoms with Gasteiger partial charge in [-0.05, 0) is 104 Å². The van der Waals surface area contributed by atoms with Gasteiger partial charge in [0.05, 0.1) is 22.3 Å². The highest BCUT2D eigenvalue weighted by Crippen LogP contribution is 2.48. The molecule has 0 unspecified atom stereocenters. The number of hydrogen-bond acceptors (Lipinski definition) is 0. The van der Waals surface area contributed by atoms with Crippen molar-refractivity contribution >= 4 is 85.3 Å². The zero-order valence-electron chi connectivity index (χ0n) is 21.8. The number of alkyl halides is 12. The number of hydrogen-bond donors (Lipinski definition) is 0. The minimum absolute atomic E-state index is 0.116. The van der Waals surface area contributed by atoms with E-state index in [0.717, 1.165) is 0 Å². The Bertz CT molecular complexity index is 1890. The molecule has 0 saturated carbocycles. The number of rotatable bonds is 2. The zero-order valence-corrected chi connectivity index (χ0v) is 28.2. The smallest absolute Gasteiger partial charge is 0.166 e. The molecule has 5 rings (SSSR count). The van der Waals surface area contributed by atoms with Crippen molar-refractivity contribution in [1.29, 1.82) is 0 Å². The minimum Gasteiger partial charge on any atom is -0.166 e. The molecule has 242 valence electrons. The van der Waals surface area contributed by atoms with Gasteiger partial charge in [0, 0.05) is 17.9 Å². The molecule has 46 heavy (non-hydrogen) atoms. The highest BCUT2D eigenvalue weighted by atomic mass is 79.9. The van der Waals surface area contributed by atoms with Gasteiger partial charge in [0.1, 0.15) is 0 Å². The molecule has 5 aromatic carbocycles. The van der Waals surface area contributed by atoms with Crippen LogP contribution in [0.25, 0.3) is 43.8 Å². The topological polar surface area (TPSA) is 0 Å². The van der Waals surface area contributed by atoms with Crippen LogP contribution in [0.4, 0.5) is 52.7 Å². The largest absolute Gasteiger partial charge is 0.417 e. The average molecular weight is 918 g/mol. The van der Waals surface area contributed by atoms with Gasteiger partial charge in [-0.15, -0.1) is 0 Å². The van der Waals surface area contributed by atoms with E-state index in [1.807, 2.05) is 0 Å². The zero-order chi connectivity index (χ0) is 34.3. The summed E-state index contributed by atoms with van der Waals surface area (Å²) in [5.41, 5.74) is -6.08. The molecule has 0 nitrogen and oxygen atoms in total. The fourth-order valence-corrected chi connectivity index (χ4v) is 7.22. The first-order valence-corrected chi connectivity index (χ1v) is 15.5. The number of halogens is 16. The van der Waals surface area contributed by atoms with Gasteiger partial charge in [-0.25, -0.2) is 0 Å². The summed E-state index contributed by atoms with van der Waals surface area (Å²) < 4.78 is 163. The standard InChI is InChI=1S/C30H10Br4F12/c31-23-7-13-5-21(29(41,42)43)19(27(35,36)37)3-11(13)1-15(23)17-9-26(34)18(10-25(17)33)16-2-12-4-20(28(38,39)40)22(30(44,45)46)6-14(12)8-24(16)32/h1-10H. The molecule has 0 heterocycles. The molecule has 5 aromatic rings. The summed E-state index contributed by atoms with van der Waals surface area (Å²) in [4.78, 5) is 0. The van der Waals surface area contributed by atoms with Gasteiger partial charge in [0.25, 0.3) is 0 Å². The summed E-state index contributed by atoms with van der Waals surface area (Å²) in [5.74, 6) is 0. The predicted octanol–water partition coefficient (Wildman–Crippen LogP) is 14.5. The summed E-state index contributed by atoms with van der Waals surface area (Å²) >= 11 is 13.3. The lowest BCUT2D eigenvalue weighted by atomic mass is 9.94. The molecule has 0 aromatic heterocycles. The van der Waals surface area contributed by atoms with Crippen LogP contribution >= 0.6 is 63.7 Å². The number of benzene rings is 5. The lowest BCUT2D eigenvalue weighted by Crippen LogP contribution is -2.16. The van der Waals surface area contributed by atoms with Crippen molar-refractivity contribution in [3.05, 3.63) is 101 Å². The van der Waals surface area contributed by atoms with E-state index in [-0.39, 0.29) is 41.6 Å². The Hall–Kier alpha value is -2.30. The Labute approximate surface area is 284 Å². The normalized spacial score (nSPS) is 13.2. The van der Waals surface area contributed by atoms with Gasteiger partial charge < -0.3 is 0 Å². The molecular formula is C30H10Br4F12. The lowest BCUT2D eigenvalue weighted by molar-refractivity contribution is -0.161. The Morgan fingerprint density at radius 3 is 0.717 bits per heavy atom. The summed E-state index contributed by atoms with van der Waals surface area (Å²) in [7, 11) is 0. The van der Waals surface area contributed by atoms with Gasteiger partial charge in [-0.3, -0.25) is 0 Å². The second-order valence-corrected chi connectivity index (χ2v) is 13.4. The summed E-state index contributed by atoms with van der Waals surface area (Å²) in [6.07, 6.45) is -21.1. The van der Waals surface area contributed by atoms with Crippen molar-refractivity contribution in [2.75, 3.05) is 0 Å². The highest BCUT2D eigenvalue weighted by molar-refractivity contribution is 9.11. The van der Waals surface area contributed by atoms with Crippen LogP contribution < -0.4 is 0 Å². The van der Waals surface area contributed by atoms with Crippen LogP contribution in [0.2, 0.25) is 0 Å². The Kier molecular flexibility index (Phi) is 8.90. The van der Waals surface area contributed by atoms with E-state index in [0.29, 0.717) is 44.3 Å². The quantitative estimate of drug-likeness (QED) is 0.155. The predicted molar refractivity (Wildman–Crippen MR) is 163 cm³/mol. The maximum atomic E-state index is 13.6. The lowest BCUT2D eigenvalue weighted by Gasteiger charge is -2.19. The molecule has 0 aliphatic heterocycles.